The predicted molar refractivity (Wildman–Crippen MR) is 118 cm³/mol. The topological polar surface area (TPSA) is 87.4 Å². The van der Waals surface area contributed by atoms with Gasteiger partial charge in [0.15, 0.2) is 5.82 Å². The van der Waals surface area contributed by atoms with Crippen LogP contribution in [0.2, 0.25) is 0 Å². The van der Waals surface area contributed by atoms with Gasteiger partial charge in [0.2, 0.25) is 5.91 Å². The standard InChI is InChI=1S/C25H33N3O3/c1-15-13-22(28-31-15)26-23(29)10-8-17-14-21(27-30)25(2)12-11-19-18-6-4-3-5-16(18)7-9-20(19)24(17)25/h3-6,13,17,19-21,24,27,30H,7-12,14H2,1-2H3,(H,26,28,29)/t17-,19?,20?,21?,24?,25-/m1/s1. The summed E-state index contributed by atoms with van der Waals surface area (Å²) in [7, 11) is 0. The largest absolute Gasteiger partial charge is 0.360 e. The van der Waals surface area contributed by atoms with Gasteiger partial charge in [-0.25, -0.2) is 5.48 Å². The Hall–Kier alpha value is -2.18. The number of fused-ring (bicyclic) bond motifs is 5. The number of nitrogens with one attached hydrogen (secondary N) is 2. The molecule has 0 aliphatic heterocycles. The van der Waals surface area contributed by atoms with Crippen molar-refractivity contribution in [3.8, 4) is 0 Å². The molecule has 3 aliphatic rings. The number of hydrogen-bond donors (Lipinski definition) is 3. The second kappa shape index (κ2) is 8.06. The van der Waals surface area contributed by atoms with Crippen LogP contribution in [0.5, 0.6) is 0 Å². The summed E-state index contributed by atoms with van der Waals surface area (Å²) in [4.78, 5) is 12.6. The third kappa shape index (κ3) is 3.60. The minimum Gasteiger partial charge on any atom is -0.360 e. The lowest BCUT2D eigenvalue weighted by Gasteiger charge is -2.52. The molecule has 3 aliphatic carbocycles. The summed E-state index contributed by atoms with van der Waals surface area (Å²) in [5.41, 5.74) is 5.79. The highest BCUT2D eigenvalue weighted by atomic mass is 16.5. The number of aryl methyl sites for hydroxylation is 2. The molecule has 0 saturated heterocycles. The minimum atomic E-state index is -0.0169. The first kappa shape index (κ1) is 20.7. The molecule has 6 heteroatoms. The van der Waals surface area contributed by atoms with Crippen LogP contribution in [-0.4, -0.2) is 22.3 Å². The zero-order valence-electron chi connectivity index (χ0n) is 18.4. The maximum Gasteiger partial charge on any atom is 0.225 e. The van der Waals surface area contributed by atoms with E-state index in [9.17, 15) is 10.0 Å². The number of anilines is 1. The molecule has 4 unspecified atom stereocenters. The molecule has 1 amide bonds. The van der Waals surface area contributed by atoms with Crippen molar-refractivity contribution in [2.45, 2.75) is 70.8 Å². The van der Waals surface area contributed by atoms with E-state index in [1.54, 1.807) is 11.6 Å². The number of carbonyl (C=O) groups is 1. The van der Waals surface area contributed by atoms with Crippen LogP contribution in [0.25, 0.3) is 0 Å². The Balaban J connectivity index is 1.34. The molecule has 166 valence electrons. The zero-order chi connectivity index (χ0) is 21.6. The highest BCUT2D eigenvalue weighted by Crippen LogP contribution is 2.63. The third-order valence-electron chi connectivity index (χ3n) is 8.57. The molecule has 31 heavy (non-hydrogen) atoms. The van der Waals surface area contributed by atoms with E-state index in [1.165, 1.54) is 18.4 Å². The summed E-state index contributed by atoms with van der Waals surface area (Å²) in [6.45, 7) is 4.17. The van der Waals surface area contributed by atoms with E-state index < -0.39 is 0 Å². The lowest BCUT2D eigenvalue weighted by molar-refractivity contribution is -0.116. The Morgan fingerprint density at radius 3 is 2.94 bits per heavy atom. The molecular weight excluding hydrogens is 390 g/mol. The molecule has 2 fully saturated rings. The van der Waals surface area contributed by atoms with E-state index in [-0.39, 0.29) is 17.4 Å². The van der Waals surface area contributed by atoms with Gasteiger partial charge in [0, 0.05) is 18.5 Å². The number of benzene rings is 1. The lowest BCUT2D eigenvalue weighted by Crippen LogP contribution is -2.48. The van der Waals surface area contributed by atoms with Gasteiger partial charge in [0.25, 0.3) is 0 Å². The van der Waals surface area contributed by atoms with Gasteiger partial charge < -0.3 is 15.0 Å². The number of nitrogens with zero attached hydrogens (tertiary/aromatic N) is 1. The number of aromatic nitrogens is 1. The van der Waals surface area contributed by atoms with Crippen LogP contribution in [0, 0.1) is 30.1 Å². The summed E-state index contributed by atoms with van der Waals surface area (Å²) >= 11 is 0. The van der Waals surface area contributed by atoms with Crippen molar-refractivity contribution in [2.24, 2.45) is 23.2 Å². The number of amides is 1. The Morgan fingerprint density at radius 1 is 1.32 bits per heavy atom. The second-order valence-electron chi connectivity index (χ2n) is 10.2. The molecule has 1 aromatic heterocycles. The molecule has 1 heterocycles. The smallest absolute Gasteiger partial charge is 0.225 e. The van der Waals surface area contributed by atoms with E-state index >= 15 is 0 Å². The molecule has 2 saturated carbocycles. The van der Waals surface area contributed by atoms with Gasteiger partial charge in [0.1, 0.15) is 5.76 Å². The van der Waals surface area contributed by atoms with Gasteiger partial charge in [-0.1, -0.05) is 36.3 Å². The van der Waals surface area contributed by atoms with E-state index in [0.717, 1.165) is 25.7 Å². The Labute approximate surface area is 183 Å². The SMILES string of the molecule is Cc1cc(NC(=O)CC[C@@H]2CC(NO)[C@@]3(C)CCC4c5ccccc5CCC4C23)no1. The monoisotopic (exact) mass is 423 g/mol. The van der Waals surface area contributed by atoms with Crippen molar-refractivity contribution in [2.75, 3.05) is 5.32 Å². The minimum absolute atomic E-state index is 0.0169. The molecule has 0 spiro atoms. The van der Waals surface area contributed by atoms with Crippen molar-refractivity contribution in [1.29, 1.82) is 0 Å². The molecule has 0 bridgehead atoms. The molecule has 3 N–H and O–H groups in total. The molecule has 5 rings (SSSR count). The van der Waals surface area contributed by atoms with Crippen molar-refractivity contribution in [1.82, 2.24) is 10.6 Å². The van der Waals surface area contributed by atoms with Crippen LogP contribution in [-0.2, 0) is 11.2 Å². The van der Waals surface area contributed by atoms with Gasteiger partial charge in [0.05, 0.1) is 0 Å². The molecule has 1 aromatic carbocycles. The number of hydroxylamine groups is 1. The Morgan fingerprint density at radius 2 is 2.16 bits per heavy atom. The normalized spacial score (nSPS) is 34.0. The summed E-state index contributed by atoms with van der Waals surface area (Å²) < 4.78 is 5.04. The van der Waals surface area contributed by atoms with Gasteiger partial charge in [-0.05, 0) is 85.7 Å². The number of rotatable bonds is 5. The fraction of sp³-hybridized carbons (Fsp3) is 0.600. The Kier molecular flexibility index (Phi) is 5.39. The van der Waals surface area contributed by atoms with Crippen molar-refractivity contribution >= 4 is 11.7 Å². The summed E-state index contributed by atoms with van der Waals surface area (Å²) in [5, 5.41) is 16.7. The van der Waals surface area contributed by atoms with Gasteiger partial charge in [-0.15, -0.1) is 0 Å². The van der Waals surface area contributed by atoms with Crippen LogP contribution in [0.15, 0.2) is 34.9 Å². The predicted octanol–water partition coefficient (Wildman–Crippen LogP) is 4.83. The summed E-state index contributed by atoms with van der Waals surface area (Å²) in [6.07, 6.45) is 6.89. The summed E-state index contributed by atoms with van der Waals surface area (Å²) in [5.74, 6) is 3.33. The maximum absolute atomic E-state index is 12.6. The zero-order valence-corrected chi connectivity index (χ0v) is 18.4. The van der Waals surface area contributed by atoms with Crippen LogP contribution < -0.4 is 10.8 Å². The summed E-state index contributed by atoms with van der Waals surface area (Å²) in [6, 6.07) is 10.8. The van der Waals surface area contributed by atoms with Crippen molar-refractivity contribution in [3.05, 3.63) is 47.2 Å². The first-order chi connectivity index (χ1) is 15.0. The molecular formula is C25H33N3O3. The third-order valence-corrected chi connectivity index (χ3v) is 8.57. The van der Waals surface area contributed by atoms with Crippen molar-refractivity contribution in [3.63, 3.8) is 0 Å². The number of hydrogen-bond acceptors (Lipinski definition) is 5. The molecule has 0 radical (unpaired) electrons. The quantitative estimate of drug-likeness (QED) is 0.600. The average Bonchev–Trinajstić information content (AvgIpc) is 3.31. The fourth-order valence-electron chi connectivity index (χ4n) is 7.26. The molecule has 6 nitrogen and oxygen atoms in total. The average molecular weight is 424 g/mol. The lowest BCUT2D eigenvalue weighted by atomic mass is 9.53. The van der Waals surface area contributed by atoms with Gasteiger partial charge in [-0.3, -0.25) is 4.79 Å². The van der Waals surface area contributed by atoms with E-state index in [4.69, 9.17) is 4.52 Å². The maximum atomic E-state index is 12.6. The molecule has 2 aromatic rings. The van der Waals surface area contributed by atoms with Crippen LogP contribution >= 0.6 is 0 Å². The molecule has 6 atom stereocenters. The second-order valence-corrected chi connectivity index (χ2v) is 10.2. The van der Waals surface area contributed by atoms with Crippen molar-refractivity contribution < 1.29 is 14.5 Å². The van der Waals surface area contributed by atoms with Crippen LogP contribution in [0.1, 0.15) is 68.3 Å². The van der Waals surface area contributed by atoms with E-state index in [2.05, 4.69) is 47.1 Å². The van der Waals surface area contributed by atoms with E-state index in [1.807, 2.05) is 6.92 Å². The fourth-order valence-corrected chi connectivity index (χ4v) is 7.26. The Bertz CT molecular complexity index is 957. The highest BCUT2D eigenvalue weighted by Gasteiger charge is 2.58. The first-order valence-electron chi connectivity index (χ1n) is 11.7. The first-order valence-corrected chi connectivity index (χ1v) is 11.7. The van der Waals surface area contributed by atoms with Gasteiger partial charge in [-0.2, -0.15) is 0 Å². The van der Waals surface area contributed by atoms with Crippen LogP contribution in [0.3, 0.4) is 0 Å². The van der Waals surface area contributed by atoms with E-state index in [0.29, 0.717) is 41.7 Å². The number of carbonyl (C=O) groups excluding carboxylic acids is 1. The highest BCUT2D eigenvalue weighted by molar-refractivity contribution is 5.89. The van der Waals surface area contributed by atoms with Crippen LogP contribution in [0.4, 0.5) is 5.82 Å². The van der Waals surface area contributed by atoms with Gasteiger partial charge >= 0.3 is 0 Å².